The molecule has 0 heterocycles. The molecule has 4 N–H and O–H groups in total. The molecule has 28 heavy (non-hydrogen) atoms. The number of nitrogens with one attached hydrogen (secondary N) is 2. The third-order valence-electron chi connectivity index (χ3n) is 3.89. The first-order chi connectivity index (χ1) is 13.5. The topological polar surface area (TPSA) is 123 Å². The van der Waals surface area contributed by atoms with Crippen LogP contribution in [-0.2, 0) is 0 Å². The first-order valence-electron chi connectivity index (χ1n) is 8.78. The van der Waals surface area contributed by atoms with Crippen LogP contribution < -0.4 is 10.9 Å². The van der Waals surface area contributed by atoms with Crippen molar-refractivity contribution in [3.63, 3.8) is 0 Å². The number of hydrogen-bond acceptors (Lipinski definition) is 6. The SMILES string of the molecule is CCC(=N/NC(=O)c1ccccc1O)/C(CC)=N\NC(=O)c1ccccc1O. The summed E-state index contributed by atoms with van der Waals surface area (Å²) >= 11 is 0. The van der Waals surface area contributed by atoms with Crippen LogP contribution in [0.15, 0.2) is 58.7 Å². The molecule has 2 aromatic rings. The number of aromatic hydroxyl groups is 2. The van der Waals surface area contributed by atoms with Crippen LogP contribution >= 0.6 is 0 Å². The van der Waals surface area contributed by atoms with Gasteiger partial charge in [0.15, 0.2) is 0 Å². The van der Waals surface area contributed by atoms with E-state index in [1.807, 2.05) is 13.8 Å². The maximum Gasteiger partial charge on any atom is 0.275 e. The van der Waals surface area contributed by atoms with Crippen molar-refractivity contribution in [2.45, 2.75) is 26.7 Å². The molecule has 0 aromatic heterocycles. The Bertz CT molecular complexity index is 846. The van der Waals surface area contributed by atoms with Gasteiger partial charge in [0.1, 0.15) is 11.5 Å². The minimum Gasteiger partial charge on any atom is -0.507 e. The largest absolute Gasteiger partial charge is 0.507 e. The van der Waals surface area contributed by atoms with Crippen molar-refractivity contribution < 1.29 is 19.8 Å². The molecule has 0 unspecified atom stereocenters. The number of carbonyl (C=O) groups is 2. The lowest BCUT2D eigenvalue weighted by Gasteiger charge is -2.09. The number of nitrogens with zero attached hydrogens (tertiary/aromatic N) is 2. The lowest BCUT2D eigenvalue weighted by molar-refractivity contribution is 0.0943. The van der Waals surface area contributed by atoms with Gasteiger partial charge in [-0.25, -0.2) is 10.9 Å². The fourth-order valence-corrected chi connectivity index (χ4v) is 2.38. The van der Waals surface area contributed by atoms with Gasteiger partial charge in [0.05, 0.1) is 22.6 Å². The molecule has 0 atom stereocenters. The van der Waals surface area contributed by atoms with Gasteiger partial charge in [-0.15, -0.1) is 0 Å². The maximum absolute atomic E-state index is 12.2. The molecule has 2 amide bonds. The van der Waals surface area contributed by atoms with Crippen molar-refractivity contribution in [2.24, 2.45) is 10.2 Å². The van der Waals surface area contributed by atoms with Crippen LogP contribution in [0.2, 0.25) is 0 Å². The van der Waals surface area contributed by atoms with Crippen LogP contribution in [-0.4, -0.2) is 33.5 Å². The molecule has 146 valence electrons. The normalized spacial score (nSPS) is 11.8. The van der Waals surface area contributed by atoms with Crippen molar-refractivity contribution in [3.05, 3.63) is 59.7 Å². The van der Waals surface area contributed by atoms with E-state index in [-0.39, 0.29) is 22.6 Å². The van der Waals surface area contributed by atoms with Gasteiger partial charge < -0.3 is 10.2 Å². The van der Waals surface area contributed by atoms with Crippen molar-refractivity contribution in [3.8, 4) is 11.5 Å². The lowest BCUT2D eigenvalue weighted by Crippen LogP contribution is -2.26. The molecule has 0 spiro atoms. The van der Waals surface area contributed by atoms with Crippen molar-refractivity contribution >= 4 is 23.2 Å². The Morgan fingerprint density at radius 1 is 0.750 bits per heavy atom. The average molecular weight is 382 g/mol. The van der Waals surface area contributed by atoms with E-state index < -0.39 is 11.8 Å². The monoisotopic (exact) mass is 382 g/mol. The molecule has 0 bridgehead atoms. The summed E-state index contributed by atoms with van der Waals surface area (Å²) in [6, 6.07) is 12.3. The molecule has 0 saturated carbocycles. The zero-order chi connectivity index (χ0) is 20.5. The minimum atomic E-state index is -0.558. The van der Waals surface area contributed by atoms with E-state index in [2.05, 4.69) is 21.1 Å². The third-order valence-corrected chi connectivity index (χ3v) is 3.89. The van der Waals surface area contributed by atoms with E-state index in [0.29, 0.717) is 24.3 Å². The summed E-state index contributed by atoms with van der Waals surface area (Å²) in [5.74, 6) is -1.41. The third kappa shape index (κ3) is 5.16. The Morgan fingerprint density at radius 2 is 1.11 bits per heavy atom. The number of hydrogen-bond donors (Lipinski definition) is 4. The van der Waals surface area contributed by atoms with Crippen LogP contribution in [0, 0.1) is 0 Å². The zero-order valence-electron chi connectivity index (χ0n) is 15.6. The quantitative estimate of drug-likeness (QED) is 0.434. The summed E-state index contributed by atoms with van der Waals surface area (Å²) in [5, 5.41) is 27.6. The predicted molar refractivity (Wildman–Crippen MR) is 107 cm³/mol. The molecule has 0 fully saturated rings. The molecular formula is C20H22N4O4. The Labute approximate surface area is 162 Å². The number of phenols is 2. The van der Waals surface area contributed by atoms with Gasteiger partial charge in [-0.3, -0.25) is 9.59 Å². The highest BCUT2D eigenvalue weighted by Gasteiger charge is 2.13. The Hall–Kier alpha value is -3.68. The van der Waals surface area contributed by atoms with Crippen molar-refractivity contribution in [2.75, 3.05) is 0 Å². The van der Waals surface area contributed by atoms with Gasteiger partial charge in [-0.05, 0) is 37.1 Å². The molecule has 2 aromatic carbocycles. The maximum atomic E-state index is 12.2. The van der Waals surface area contributed by atoms with Gasteiger partial charge >= 0.3 is 0 Å². The minimum absolute atomic E-state index is 0.101. The van der Waals surface area contributed by atoms with Gasteiger partial charge in [0.2, 0.25) is 0 Å². The second-order valence-corrected chi connectivity index (χ2v) is 5.74. The van der Waals surface area contributed by atoms with Crippen LogP contribution in [0.4, 0.5) is 0 Å². The smallest absolute Gasteiger partial charge is 0.275 e. The van der Waals surface area contributed by atoms with Gasteiger partial charge in [-0.1, -0.05) is 38.1 Å². The molecular weight excluding hydrogens is 360 g/mol. The number of para-hydroxylation sites is 2. The van der Waals surface area contributed by atoms with Crippen molar-refractivity contribution in [1.29, 1.82) is 0 Å². The predicted octanol–water partition coefficient (Wildman–Crippen LogP) is 2.79. The molecule has 8 nitrogen and oxygen atoms in total. The van der Waals surface area contributed by atoms with Crippen molar-refractivity contribution in [1.82, 2.24) is 10.9 Å². The fourth-order valence-electron chi connectivity index (χ4n) is 2.38. The van der Waals surface area contributed by atoms with Crippen LogP contribution in [0.3, 0.4) is 0 Å². The molecule has 0 saturated heterocycles. The second-order valence-electron chi connectivity index (χ2n) is 5.74. The summed E-state index contributed by atoms with van der Waals surface area (Å²) in [5.41, 5.74) is 5.93. The Balaban J connectivity index is 2.13. The highest BCUT2D eigenvalue weighted by atomic mass is 16.3. The number of amides is 2. The van der Waals surface area contributed by atoms with Gasteiger partial charge in [-0.2, -0.15) is 10.2 Å². The highest BCUT2D eigenvalue weighted by molar-refractivity contribution is 6.42. The second kappa shape index (κ2) is 9.86. The molecule has 0 aliphatic carbocycles. The summed E-state index contributed by atoms with van der Waals surface area (Å²) < 4.78 is 0. The van der Waals surface area contributed by atoms with E-state index in [4.69, 9.17) is 0 Å². The molecule has 8 heteroatoms. The number of benzene rings is 2. The zero-order valence-corrected chi connectivity index (χ0v) is 15.6. The van der Waals surface area contributed by atoms with Gasteiger partial charge in [0.25, 0.3) is 11.8 Å². The van der Waals surface area contributed by atoms with Gasteiger partial charge in [0, 0.05) is 0 Å². The summed E-state index contributed by atoms with van der Waals surface area (Å²) in [6.45, 7) is 3.67. The summed E-state index contributed by atoms with van der Waals surface area (Å²) in [6.07, 6.45) is 0.917. The van der Waals surface area contributed by atoms with E-state index in [1.165, 1.54) is 24.3 Å². The van der Waals surface area contributed by atoms with E-state index in [9.17, 15) is 19.8 Å². The van der Waals surface area contributed by atoms with Crippen LogP contribution in [0.1, 0.15) is 47.4 Å². The molecule has 0 aliphatic rings. The first-order valence-corrected chi connectivity index (χ1v) is 8.78. The van der Waals surface area contributed by atoms with Crippen LogP contribution in [0.25, 0.3) is 0 Å². The van der Waals surface area contributed by atoms with E-state index in [0.717, 1.165) is 0 Å². The number of hydrazone groups is 2. The van der Waals surface area contributed by atoms with Crippen LogP contribution in [0.5, 0.6) is 11.5 Å². The molecule has 2 rings (SSSR count). The average Bonchev–Trinajstić information content (AvgIpc) is 2.70. The number of carbonyl (C=O) groups excluding carboxylic acids is 2. The summed E-state index contributed by atoms with van der Waals surface area (Å²) in [7, 11) is 0. The molecule has 0 aliphatic heterocycles. The standard InChI is InChI=1S/C20H22N4O4/c1-3-15(21-23-19(27)13-9-5-7-11-17(13)25)16(4-2)22-24-20(28)14-10-6-8-12-18(14)26/h5-12,25-26H,3-4H2,1-2H3,(H,23,27)(H,24,28)/b21-15-,22-16-. The summed E-state index contributed by atoms with van der Waals surface area (Å²) in [4.78, 5) is 24.3. The first kappa shape index (κ1) is 20.6. The highest BCUT2D eigenvalue weighted by Crippen LogP contribution is 2.16. The van der Waals surface area contributed by atoms with E-state index >= 15 is 0 Å². The molecule has 0 radical (unpaired) electrons. The number of rotatable bonds is 7. The Kier molecular flexibility index (Phi) is 7.27. The lowest BCUT2D eigenvalue weighted by atomic mass is 10.1. The Morgan fingerprint density at radius 3 is 1.43 bits per heavy atom. The fraction of sp³-hybridized carbons (Fsp3) is 0.200. The number of phenolic OH excluding ortho intramolecular Hbond substituents is 2. The van der Waals surface area contributed by atoms with E-state index in [1.54, 1.807) is 24.3 Å².